The summed E-state index contributed by atoms with van der Waals surface area (Å²) in [5.74, 6) is -1.56. The maximum absolute atomic E-state index is 13.2. The molecule has 1 N–H and O–H groups in total. The van der Waals surface area contributed by atoms with Crippen LogP contribution in [0.1, 0.15) is 32.6 Å². The molecule has 162 valence electrons. The molecule has 0 bridgehead atoms. The van der Waals surface area contributed by atoms with E-state index in [2.05, 4.69) is 4.98 Å². The molecule has 3 rings (SSSR count). The molecule has 30 heavy (non-hydrogen) atoms. The maximum atomic E-state index is 13.2. The van der Waals surface area contributed by atoms with Crippen molar-refractivity contribution in [1.29, 1.82) is 0 Å². The molecule has 1 amide bonds. The Bertz CT molecular complexity index is 920. The number of hydrogen-bond donors (Lipinski definition) is 1. The van der Waals surface area contributed by atoms with E-state index in [-0.39, 0.29) is 24.3 Å². The van der Waals surface area contributed by atoms with E-state index < -0.39 is 11.9 Å². The van der Waals surface area contributed by atoms with Crippen molar-refractivity contribution in [3.05, 3.63) is 33.6 Å². The van der Waals surface area contributed by atoms with Crippen LogP contribution in [0.15, 0.2) is 23.6 Å². The van der Waals surface area contributed by atoms with Crippen molar-refractivity contribution in [3.8, 4) is 11.3 Å². The lowest BCUT2D eigenvalue weighted by atomic mass is 9.85. The zero-order chi connectivity index (χ0) is 21.8. The first-order valence-electron chi connectivity index (χ1n) is 9.76. The summed E-state index contributed by atoms with van der Waals surface area (Å²) in [7, 11) is 1.63. The predicted molar refractivity (Wildman–Crippen MR) is 119 cm³/mol. The smallest absolute Gasteiger partial charge is 0.304 e. The molecule has 0 radical (unpaired) electrons. The van der Waals surface area contributed by atoms with Gasteiger partial charge in [0.1, 0.15) is 0 Å². The number of benzene rings is 1. The molecule has 1 fully saturated rings. The molecule has 1 aliphatic rings. The Morgan fingerprint density at radius 2 is 2.17 bits per heavy atom. The van der Waals surface area contributed by atoms with Crippen LogP contribution in [0.4, 0.5) is 5.13 Å². The molecule has 6 nitrogen and oxygen atoms in total. The summed E-state index contributed by atoms with van der Waals surface area (Å²) >= 11 is 13.6. The average Bonchev–Trinajstić information content (AvgIpc) is 3.18. The third kappa shape index (κ3) is 5.72. The summed E-state index contributed by atoms with van der Waals surface area (Å²) in [5.41, 5.74) is 1.31. The summed E-state index contributed by atoms with van der Waals surface area (Å²) in [6.07, 6.45) is 2.13. The number of aromatic nitrogens is 1. The van der Waals surface area contributed by atoms with Gasteiger partial charge in [-0.3, -0.25) is 14.5 Å². The molecule has 2 aromatic rings. The number of hydrogen-bond acceptors (Lipinski definition) is 5. The van der Waals surface area contributed by atoms with Gasteiger partial charge < -0.3 is 9.84 Å². The summed E-state index contributed by atoms with van der Waals surface area (Å²) in [6, 6.07) is 5.12. The number of carbonyl (C=O) groups is 2. The van der Waals surface area contributed by atoms with Crippen LogP contribution in [-0.2, 0) is 14.3 Å². The fourth-order valence-electron chi connectivity index (χ4n) is 3.79. The highest BCUT2D eigenvalue weighted by Crippen LogP contribution is 2.35. The predicted octanol–water partition coefficient (Wildman–Crippen LogP) is 5.38. The van der Waals surface area contributed by atoms with Gasteiger partial charge >= 0.3 is 5.97 Å². The van der Waals surface area contributed by atoms with Gasteiger partial charge in [0.2, 0.25) is 5.91 Å². The van der Waals surface area contributed by atoms with Crippen LogP contribution in [-0.4, -0.2) is 41.7 Å². The largest absolute Gasteiger partial charge is 0.481 e. The SMILES string of the molecule is C[C@@H]1CC(C[C@H](CC(=O)O)C(=O)N(C)c2nc(-c3cc(Cl)ccc3Cl)cs2)CCO1. The molecule has 1 aromatic heterocycles. The number of carboxylic acids is 1. The number of anilines is 1. The van der Waals surface area contributed by atoms with Crippen LogP contribution in [0.5, 0.6) is 0 Å². The van der Waals surface area contributed by atoms with E-state index in [0.717, 1.165) is 12.8 Å². The molecule has 3 atom stereocenters. The first-order chi connectivity index (χ1) is 14.2. The third-order valence-electron chi connectivity index (χ3n) is 5.30. The van der Waals surface area contributed by atoms with E-state index in [1.165, 1.54) is 16.2 Å². The molecule has 2 heterocycles. The number of halogens is 2. The molecular weight excluding hydrogens is 447 g/mol. The fourth-order valence-corrected chi connectivity index (χ4v) is 4.98. The van der Waals surface area contributed by atoms with Crippen LogP contribution in [0.25, 0.3) is 11.3 Å². The minimum Gasteiger partial charge on any atom is -0.481 e. The van der Waals surface area contributed by atoms with E-state index in [1.807, 2.05) is 12.3 Å². The average molecular weight is 471 g/mol. The van der Waals surface area contributed by atoms with Gasteiger partial charge in [0.25, 0.3) is 0 Å². The van der Waals surface area contributed by atoms with Crippen molar-refractivity contribution in [2.24, 2.45) is 11.8 Å². The van der Waals surface area contributed by atoms with Gasteiger partial charge in [-0.1, -0.05) is 23.2 Å². The maximum Gasteiger partial charge on any atom is 0.304 e. The number of carboxylic acid groups (broad SMARTS) is 1. The number of ether oxygens (including phenoxy) is 1. The second-order valence-corrected chi connectivity index (χ2v) is 9.32. The first-order valence-corrected chi connectivity index (χ1v) is 11.4. The number of thiazole rings is 1. The molecular formula is C21H24Cl2N2O4S. The van der Waals surface area contributed by atoms with Gasteiger partial charge in [-0.15, -0.1) is 11.3 Å². The van der Waals surface area contributed by atoms with Crippen molar-refractivity contribution in [2.45, 2.75) is 38.7 Å². The summed E-state index contributed by atoms with van der Waals surface area (Å²) < 4.78 is 5.57. The quantitative estimate of drug-likeness (QED) is 0.587. The van der Waals surface area contributed by atoms with Crippen LogP contribution in [0.3, 0.4) is 0 Å². The van der Waals surface area contributed by atoms with Gasteiger partial charge in [0.15, 0.2) is 5.13 Å². The minimum absolute atomic E-state index is 0.131. The lowest BCUT2D eigenvalue weighted by Crippen LogP contribution is -2.36. The highest BCUT2D eigenvalue weighted by molar-refractivity contribution is 7.14. The van der Waals surface area contributed by atoms with Gasteiger partial charge in [-0.2, -0.15) is 0 Å². The first kappa shape index (κ1) is 23.0. The van der Waals surface area contributed by atoms with Crippen molar-refractivity contribution in [3.63, 3.8) is 0 Å². The Labute approximate surface area is 189 Å². The second-order valence-electron chi connectivity index (χ2n) is 7.64. The van der Waals surface area contributed by atoms with Crippen LogP contribution >= 0.6 is 34.5 Å². The number of carbonyl (C=O) groups excluding carboxylic acids is 1. The Morgan fingerprint density at radius 3 is 2.87 bits per heavy atom. The highest BCUT2D eigenvalue weighted by atomic mass is 35.5. The second kappa shape index (κ2) is 10.1. The normalized spacial score (nSPS) is 20.0. The Hall–Kier alpha value is -1.67. The summed E-state index contributed by atoms with van der Waals surface area (Å²) in [4.78, 5) is 30.5. The van der Waals surface area contributed by atoms with E-state index in [0.29, 0.717) is 39.5 Å². The number of amides is 1. The Balaban J connectivity index is 1.77. The topological polar surface area (TPSA) is 79.7 Å². The van der Waals surface area contributed by atoms with Gasteiger partial charge in [-0.05, 0) is 50.3 Å². The van der Waals surface area contributed by atoms with Crippen molar-refractivity contribution in [1.82, 2.24) is 4.98 Å². The van der Waals surface area contributed by atoms with E-state index >= 15 is 0 Å². The zero-order valence-electron chi connectivity index (χ0n) is 16.8. The van der Waals surface area contributed by atoms with E-state index in [1.54, 1.807) is 25.2 Å². The molecule has 1 saturated heterocycles. The summed E-state index contributed by atoms with van der Waals surface area (Å²) in [5, 5.41) is 12.7. The third-order valence-corrected chi connectivity index (χ3v) is 6.78. The lowest BCUT2D eigenvalue weighted by molar-refractivity contribution is -0.141. The Morgan fingerprint density at radius 1 is 1.40 bits per heavy atom. The molecule has 0 spiro atoms. The number of aliphatic carboxylic acids is 1. The zero-order valence-corrected chi connectivity index (χ0v) is 19.1. The van der Waals surface area contributed by atoms with Gasteiger partial charge in [0.05, 0.1) is 23.2 Å². The molecule has 0 aliphatic carbocycles. The highest BCUT2D eigenvalue weighted by Gasteiger charge is 2.31. The molecule has 9 heteroatoms. The summed E-state index contributed by atoms with van der Waals surface area (Å²) in [6.45, 7) is 2.65. The van der Waals surface area contributed by atoms with Crippen molar-refractivity contribution < 1.29 is 19.4 Å². The number of rotatable bonds is 7. The number of nitrogens with zero attached hydrogens (tertiary/aromatic N) is 2. The molecule has 0 saturated carbocycles. The van der Waals surface area contributed by atoms with Crippen molar-refractivity contribution >= 4 is 51.5 Å². The van der Waals surface area contributed by atoms with E-state index in [9.17, 15) is 14.7 Å². The van der Waals surface area contributed by atoms with Crippen LogP contribution in [0.2, 0.25) is 10.0 Å². The lowest BCUT2D eigenvalue weighted by Gasteiger charge is -2.30. The van der Waals surface area contributed by atoms with Gasteiger partial charge in [-0.25, -0.2) is 4.98 Å². The molecule has 1 aromatic carbocycles. The minimum atomic E-state index is -0.979. The Kier molecular flexibility index (Phi) is 7.74. The van der Waals surface area contributed by atoms with Gasteiger partial charge in [0, 0.05) is 35.5 Å². The standard InChI is InChI=1S/C21H24Cl2N2O4S/c1-12-7-13(5-6-29-12)8-14(9-19(26)27)20(28)25(2)21-24-18(11-30-21)16-10-15(22)3-4-17(16)23/h3-4,10-14H,5-9H2,1-2H3,(H,26,27)/t12-,13?,14-/m1/s1. The van der Waals surface area contributed by atoms with Crippen LogP contribution < -0.4 is 4.90 Å². The molecule has 1 aliphatic heterocycles. The molecule has 1 unspecified atom stereocenters. The monoisotopic (exact) mass is 470 g/mol. The fraction of sp³-hybridized carbons (Fsp3) is 0.476. The van der Waals surface area contributed by atoms with Crippen molar-refractivity contribution in [2.75, 3.05) is 18.6 Å². The van der Waals surface area contributed by atoms with Crippen LogP contribution in [0, 0.1) is 11.8 Å². The van der Waals surface area contributed by atoms with E-state index in [4.69, 9.17) is 27.9 Å².